The summed E-state index contributed by atoms with van der Waals surface area (Å²) in [5, 5.41) is 19.7. The summed E-state index contributed by atoms with van der Waals surface area (Å²) in [7, 11) is 1.16. The van der Waals surface area contributed by atoms with Crippen molar-refractivity contribution in [3.8, 4) is 6.07 Å². The van der Waals surface area contributed by atoms with Crippen LogP contribution in [0.1, 0.15) is 28.4 Å². The Morgan fingerprint density at radius 2 is 2.24 bits per heavy atom. The van der Waals surface area contributed by atoms with E-state index in [2.05, 4.69) is 4.74 Å². The van der Waals surface area contributed by atoms with Crippen LogP contribution >= 0.6 is 0 Å². The predicted octanol–water partition coefficient (Wildman–Crippen LogP) is 1.82. The molecular formula is C11H10N2O4. The lowest BCUT2D eigenvalue weighted by Crippen LogP contribution is -2.07. The van der Waals surface area contributed by atoms with Crippen molar-refractivity contribution in [3.05, 3.63) is 38.9 Å². The van der Waals surface area contributed by atoms with Crippen LogP contribution in [-0.4, -0.2) is 18.0 Å². The van der Waals surface area contributed by atoms with E-state index < -0.39 is 10.9 Å². The van der Waals surface area contributed by atoms with Crippen molar-refractivity contribution >= 4 is 11.7 Å². The van der Waals surface area contributed by atoms with Crippen molar-refractivity contribution in [2.75, 3.05) is 7.11 Å². The number of nitro groups is 1. The number of esters is 1. The van der Waals surface area contributed by atoms with Crippen molar-refractivity contribution in [1.82, 2.24) is 0 Å². The van der Waals surface area contributed by atoms with Crippen LogP contribution in [0.3, 0.4) is 0 Å². The second-order valence-electron chi connectivity index (χ2n) is 3.25. The van der Waals surface area contributed by atoms with Gasteiger partial charge in [-0.2, -0.15) is 5.26 Å². The van der Waals surface area contributed by atoms with E-state index in [0.29, 0.717) is 12.0 Å². The van der Waals surface area contributed by atoms with Gasteiger partial charge in [0.15, 0.2) is 0 Å². The van der Waals surface area contributed by atoms with Gasteiger partial charge >= 0.3 is 5.97 Å². The van der Waals surface area contributed by atoms with Gasteiger partial charge in [0.05, 0.1) is 17.6 Å². The number of nitriles is 1. The third-order valence-corrected chi connectivity index (χ3v) is 2.30. The normalized spacial score (nSPS) is 9.47. The van der Waals surface area contributed by atoms with Crippen LogP contribution in [0.2, 0.25) is 0 Å². The monoisotopic (exact) mass is 234 g/mol. The van der Waals surface area contributed by atoms with Crippen LogP contribution in [0, 0.1) is 21.4 Å². The summed E-state index contributed by atoms with van der Waals surface area (Å²) in [5.74, 6) is -0.750. The number of benzene rings is 1. The fourth-order valence-corrected chi connectivity index (χ4v) is 1.42. The molecule has 0 saturated carbocycles. The summed E-state index contributed by atoms with van der Waals surface area (Å²) in [6.45, 7) is 1.80. The highest BCUT2D eigenvalue weighted by Gasteiger charge is 2.23. The molecule has 0 radical (unpaired) electrons. The molecule has 0 bridgehead atoms. The van der Waals surface area contributed by atoms with Crippen LogP contribution in [0.25, 0.3) is 0 Å². The molecule has 0 fully saturated rings. The number of nitro benzene ring substituents is 1. The summed E-state index contributed by atoms with van der Waals surface area (Å²) in [4.78, 5) is 21.6. The van der Waals surface area contributed by atoms with Gasteiger partial charge in [0.1, 0.15) is 11.6 Å². The molecule has 1 rings (SSSR count). The molecule has 1 aromatic rings. The number of hydrogen-bond donors (Lipinski definition) is 0. The predicted molar refractivity (Wildman–Crippen MR) is 58.5 cm³/mol. The number of carbonyl (C=O) groups is 1. The maximum Gasteiger partial charge on any atom is 0.339 e. The molecule has 1 aromatic carbocycles. The van der Waals surface area contributed by atoms with E-state index in [1.54, 1.807) is 13.0 Å². The van der Waals surface area contributed by atoms with Crippen molar-refractivity contribution in [1.29, 1.82) is 5.26 Å². The van der Waals surface area contributed by atoms with E-state index in [0.717, 1.165) is 7.11 Å². The zero-order valence-electron chi connectivity index (χ0n) is 9.39. The number of ether oxygens (including phenoxy) is 1. The van der Waals surface area contributed by atoms with E-state index >= 15 is 0 Å². The lowest BCUT2D eigenvalue weighted by molar-refractivity contribution is -0.385. The molecule has 0 N–H and O–H groups in total. The maximum atomic E-state index is 11.4. The number of hydrogen-bond acceptors (Lipinski definition) is 5. The minimum atomic E-state index is -0.750. The van der Waals surface area contributed by atoms with Gasteiger partial charge in [-0.1, -0.05) is 6.92 Å². The summed E-state index contributed by atoms with van der Waals surface area (Å²) < 4.78 is 4.50. The van der Waals surface area contributed by atoms with E-state index in [4.69, 9.17) is 5.26 Å². The van der Waals surface area contributed by atoms with Crippen LogP contribution in [0.4, 0.5) is 5.69 Å². The average molecular weight is 234 g/mol. The fourth-order valence-electron chi connectivity index (χ4n) is 1.42. The Hall–Kier alpha value is -2.42. The fraction of sp³-hybridized carbons (Fsp3) is 0.273. The summed E-state index contributed by atoms with van der Waals surface area (Å²) in [5.41, 5.74) is -0.0940. The highest BCUT2D eigenvalue weighted by molar-refractivity contribution is 5.94. The van der Waals surface area contributed by atoms with Crippen molar-refractivity contribution < 1.29 is 14.5 Å². The molecule has 0 heterocycles. The molecule has 0 aromatic heterocycles. The van der Waals surface area contributed by atoms with Gasteiger partial charge in [-0.05, 0) is 18.1 Å². The number of aryl methyl sites for hydroxylation is 1. The third kappa shape index (κ3) is 2.39. The molecule has 0 amide bonds. The van der Waals surface area contributed by atoms with E-state index in [1.165, 1.54) is 12.1 Å². The van der Waals surface area contributed by atoms with E-state index in [9.17, 15) is 14.9 Å². The molecule has 0 aliphatic heterocycles. The highest BCUT2D eigenvalue weighted by Crippen LogP contribution is 2.25. The van der Waals surface area contributed by atoms with Gasteiger partial charge in [-0.3, -0.25) is 10.1 Å². The Morgan fingerprint density at radius 3 is 2.65 bits per heavy atom. The van der Waals surface area contributed by atoms with Gasteiger partial charge in [0.25, 0.3) is 5.69 Å². The molecule has 0 spiro atoms. The zero-order chi connectivity index (χ0) is 13.0. The van der Waals surface area contributed by atoms with Gasteiger partial charge < -0.3 is 4.74 Å². The SMILES string of the molecule is CCc1cc(C(=O)OC)c(C#N)c([N+](=O)[O-])c1. The molecule has 0 unspecified atom stereocenters. The lowest BCUT2D eigenvalue weighted by atomic mass is 10.0. The lowest BCUT2D eigenvalue weighted by Gasteiger charge is -2.05. The molecule has 0 atom stereocenters. The smallest absolute Gasteiger partial charge is 0.339 e. The molecule has 6 heteroatoms. The topological polar surface area (TPSA) is 93.2 Å². The van der Waals surface area contributed by atoms with Crippen LogP contribution < -0.4 is 0 Å². The Labute approximate surface area is 97.6 Å². The number of carbonyl (C=O) groups excluding carboxylic acids is 1. The van der Waals surface area contributed by atoms with Crippen LogP contribution in [0.15, 0.2) is 12.1 Å². The van der Waals surface area contributed by atoms with Crippen molar-refractivity contribution in [2.24, 2.45) is 0 Å². The Morgan fingerprint density at radius 1 is 1.59 bits per heavy atom. The highest BCUT2D eigenvalue weighted by atomic mass is 16.6. The largest absolute Gasteiger partial charge is 0.465 e. The summed E-state index contributed by atoms with van der Waals surface area (Å²) in [6.07, 6.45) is 0.524. The molecule has 17 heavy (non-hydrogen) atoms. The second-order valence-corrected chi connectivity index (χ2v) is 3.25. The van der Waals surface area contributed by atoms with Gasteiger partial charge in [0, 0.05) is 6.07 Å². The molecular weight excluding hydrogens is 224 g/mol. The summed E-state index contributed by atoms with van der Waals surface area (Å²) >= 11 is 0. The van der Waals surface area contributed by atoms with Crippen molar-refractivity contribution in [2.45, 2.75) is 13.3 Å². The number of methoxy groups -OCH3 is 1. The van der Waals surface area contributed by atoms with Gasteiger partial charge in [0.2, 0.25) is 0 Å². The Kier molecular flexibility index (Phi) is 3.78. The first-order chi connectivity index (χ1) is 8.04. The van der Waals surface area contributed by atoms with Crippen molar-refractivity contribution in [3.63, 3.8) is 0 Å². The van der Waals surface area contributed by atoms with E-state index in [1.807, 2.05) is 0 Å². The molecule has 6 nitrogen and oxygen atoms in total. The molecule has 0 aliphatic rings. The first-order valence-electron chi connectivity index (χ1n) is 4.84. The minimum Gasteiger partial charge on any atom is -0.465 e. The second kappa shape index (κ2) is 5.07. The maximum absolute atomic E-state index is 11.4. The van der Waals surface area contributed by atoms with Crippen LogP contribution in [-0.2, 0) is 11.2 Å². The average Bonchev–Trinajstić information content (AvgIpc) is 2.35. The molecule has 88 valence electrons. The first kappa shape index (κ1) is 12.6. The minimum absolute atomic E-state index is 0.0685. The molecule has 0 saturated heterocycles. The first-order valence-corrected chi connectivity index (χ1v) is 4.84. The quantitative estimate of drug-likeness (QED) is 0.451. The Bertz CT molecular complexity index is 517. The van der Waals surface area contributed by atoms with E-state index in [-0.39, 0.29) is 16.8 Å². The number of nitrogens with zero attached hydrogens (tertiary/aromatic N) is 2. The molecule has 0 aliphatic carbocycles. The third-order valence-electron chi connectivity index (χ3n) is 2.30. The number of rotatable bonds is 3. The zero-order valence-corrected chi connectivity index (χ0v) is 9.39. The van der Waals surface area contributed by atoms with Gasteiger partial charge in [-0.15, -0.1) is 0 Å². The van der Waals surface area contributed by atoms with Gasteiger partial charge in [-0.25, -0.2) is 4.79 Å². The standard InChI is InChI=1S/C11H10N2O4/c1-3-7-4-8(11(14)17-2)9(6-12)10(5-7)13(15)16/h4-5H,3H2,1-2H3. The van der Waals surface area contributed by atoms with Crippen LogP contribution in [0.5, 0.6) is 0 Å². The summed E-state index contributed by atoms with van der Waals surface area (Å²) in [6, 6.07) is 4.41. The Balaban J connectivity index is 3.57.